The zero-order chi connectivity index (χ0) is 20.0. The molecule has 6 nitrogen and oxygen atoms in total. The van der Waals surface area contributed by atoms with Crippen LogP contribution in [-0.2, 0) is 16.8 Å². The Morgan fingerprint density at radius 3 is 2.86 bits per heavy atom. The lowest BCUT2D eigenvalue weighted by atomic mass is 10.0. The van der Waals surface area contributed by atoms with E-state index in [2.05, 4.69) is 9.35 Å². The summed E-state index contributed by atoms with van der Waals surface area (Å²) in [5, 5.41) is 0.844. The molecule has 0 radical (unpaired) electrons. The van der Waals surface area contributed by atoms with Gasteiger partial charge < -0.3 is 14.3 Å². The number of nitrogens with zero attached hydrogens (tertiary/aromatic N) is 2. The van der Waals surface area contributed by atoms with Crippen LogP contribution in [0, 0.1) is 5.92 Å². The summed E-state index contributed by atoms with van der Waals surface area (Å²) in [4.78, 5) is 16.3. The van der Waals surface area contributed by atoms with Crippen LogP contribution in [0.3, 0.4) is 0 Å². The molecular weight excluding hydrogens is 386 g/mol. The fourth-order valence-electron chi connectivity index (χ4n) is 3.90. The number of pyridine rings is 1. The van der Waals surface area contributed by atoms with Crippen LogP contribution < -0.4 is 10.3 Å². The third kappa shape index (κ3) is 3.37. The van der Waals surface area contributed by atoms with Gasteiger partial charge in [-0.25, -0.2) is 8.57 Å². The molecule has 1 aromatic carbocycles. The number of fused-ring (bicyclic) bond motifs is 1. The maximum Gasteiger partial charge on any atom is 0.274 e. The third-order valence-electron chi connectivity index (χ3n) is 5.80. The van der Waals surface area contributed by atoms with Gasteiger partial charge in [0.1, 0.15) is 11.3 Å². The van der Waals surface area contributed by atoms with Gasteiger partial charge in [0.05, 0.1) is 16.3 Å². The number of rotatable bonds is 5. The molecule has 0 spiro atoms. The Balaban J connectivity index is 1.71. The molecule has 5 rings (SSSR count). The number of aryl methyl sites for hydroxylation is 1. The van der Waals surface area contributed by atoms with Crippen LogP contribution in [0.25, 0.3) is 22.0 Å². The normalized spacial score (nSPS) is 21.8. The van der Waals surface area contributed by atoms with Crippen molar-refractivity contribution in [2.75, 3.05) is 18.9 Å². The van der Waals surface area contributed by atoms with Crippen LogP contribution in [0.2, 0.25) is 0 Å². The molecule has 2 aliphatic rings. The van der Waals surface area contributed by atoms with Crippen LogP contribution in [-0.4, -0.2) is 32.7 Å². The molecular formula is C22H25N3O3S. The minimum atomic E-state index is -2.40. The van der Waals surface area contributed by atoms with Crippen molar-refractivity contribution in [1.29, 1.82) is 0 Å². The maximum atomic E-state index is 13.4. The highest BCUT2D eigenvalue weighted by molar-refractivity contribution is 7.93. The summed E-state index contributed by atoms with van der Waals surface area (Å²) in [5.74, 6) is 1.99. The van der Waals surface area contributed by atoms with Crippen LogP contribution in [0.4, 0.5) is 0 Å². The quantitative estimate of drug-likeness (QED) is 0.691. The number of benzene rings is 1. The molecule has 3 aromatic rings. The van der Waals surface area contributed by atoms with Gasteiger partial charge in [-0.2, -0.15) is 0 Å². The molecule has 1 saturated carbocycles. The second-order valence-electron chi connectivity index (χ2n) is 8.04. The molecule has 0 saturated heterocycles. The number of aromatic amines is 1. The van der Waals surface area contributed by atoms with Crippen molar-refractivity contribution in [3.05, 3.63) is 47.0 Å². The number of hydrogen-bond donors (Lipinski definition) is 1. The Kier molecular flexibility index (Phi) is 4.50. The first-order chi connectivity index (χ1) is 14.0. The van der Waals surface area contributed by atoms with Crippen LogP contribution >= 0.6 is 0 Å². The molecule has 1 aliphatic heterocycles. The zero-order valence-electron chi connectivity index (χ0n) is 16.5. The van der Waals surface area contributed by atoms with Gasteiger partial charge in [-0.05, 0) is 55.9 Å². The van der Waals surface area contributed by atoms with Gasteiger partial charge in [0, 0.05) is 53.1 Å². The van der Waals surface area contributed by atoms with Crippen molar-refractivity contribution >= 4 is 20.6 Å². The second-order valence-corrected chi connectivity index (χ2v) is 10.5. The smallest absolute Gasteiger partial charge is 0.274 e. The fraction of sp³-hybridized carbons (Fsp3) is 0.409. The zero-order valence-corrected chi connectivity index (χ0v) is 17.3. The standard InChI is InChI=1S/C22H25N3O3S/c1-25-13-19(17-8-10-23-21(17)22(25)26)18-12-16(29(27)11-3-2-9-24-29)6-7-20(18)28-14-15-4-5-15/h6-8,10,12-13,15,23H,2-5,9,11,14H2,1H3. The summed E-state index contributed by atoms with van der Waals surface area (Å²) < 4.78 is 25.7. The van der Waals surface area contributed by atoms with Crippen LogP contribution in [0.5, 0.6) is 5.75 Å². The number of hydrogen-bond acceptors (Lipinski definition) is 4. The molecule has 152 valence electrons. The van der Waals surface area contributed by atoms with E-state index in [4.69, 9.17) is 4.74 Å². The highest BCUT2D eigenvalue weighted by Crippen LogP contribution is 2.38. The molecule has 7 heteroatoms. The topological polar surface area (TPSA) is 76.5 Å². The van der Waals surface area contributed by atoms with E-state index in [1.54, 1.807) is 17.8 Å². The average molecular weight is 412 g/mol. The molecule has 1 aliphatic carbocycles. The Bertz CT molecular complexity index is 1260. The summed E-state index contributed by atoms with van der Waals surface area (Å²) in [5.41, 5.74) is 2.26. The van der Waals surface area contributed by atoms with Gasteiger partial charge in [-0.1, -0.05) is 0 Å². The highest BCUT2D eigenvalue weighted by atomic mass is 32.2. The van der Waals surface area contributed by atoms with E-state index < -0.39 is 9.73 Å². The molecule has 0 bridgehead atoms. The fourth-order valence-corrected chi connectivity index (χ4v) is 6.01. The lowest BCUT2D eigenvalue weighted by molar-refractivity contribution is 0.301. The Morgan fingerprint density at radius 1 is 1.24 bits per heavy atom. The van der Waals surface area contributed by atoms with Crippen molar-refractivity contribution in [3.8, 4) is 16.9 Å². The van der Waals surface area contributed by atoms with E-state index in [1.807, 2.05) is 30.5 Å². The van der Waals surface area contributed by atoms with E-state index in [1.165, 1.54) is 12.8 Å². The summed E-state index contributed by atoms with van der Waals surface area (Å²) in [6.07, 6.45) is 7.97. The SMILES string of the molecule is Cn1cc(-c2cc(S3(=O)=NCCCC3)ccc2OCC2CC2)c2cc[nH]c2c1=O. The van der Waals surface area contributed by atoms with E-state index in [0.717, 1.165) is 40.0 Å². The molecule has 0 amide bonds. The first-order valence-corrected chi connectivity index (χ1v) is 11.9. The lowest BCUT2D eigenvalue weighted by Crippen LogP contribution is -2.17. The van der Waals surface area contributed by atoms with Crippen molar-refractivity contribution in [3.63, 3.8) is 0 Å². The number of aromatic nitrogens is 2. The molecule has 1 atom stereocenters. The summed E-state index contributed by atoms with van der Waals surface area (Å²) in [6.45, 7) is 1.34. The summed E-state index contributed by atoms with van der Waals surface area (Å²) >= 11 is 0. The van der Waals surface area contributed by atoms with Gasteiger partial charge in [-0.3, -0.25) is 4.79 Å². The van der Waals surface area contributed by atoms with E-state index in [-0.39, 0.29) is 5.56 Å². The molecule has 1 N–H and O–H groups in total. The molecule has 1 unspecified atom stereocenters. The number of H-pyrrole nitrogens is 1. The Labute approximate surface area is 170 Å². The Hall–Kier alpha value is -2.54. The molecule has 3 heterocycles. The van der Waals surface area contributed by atoms with Crippen LogP contribution in [0.15, 0.2) is 50.7 Å². The van der Waals surface area contributed by atoms with Crippen molar-refractivity contribution in [2.24, 2.45) is 17.3 Å². The third-order valence-corrected chi connectivity index (χ3v) is 8.24. The first-order valence-electron chi connectivity index (χ1n) is 10.2. The monoisotopic (exact) mass is 411 g/mol. The van der Waals surface area contributed by atoms with Gasteiger partial charge in [0.2, 0.25) is 0 Å². The maximum absolute atomic E-state index is 13.4. The second kappa shape index (κ2) is 7.06. The van der Waals surface area contributed by atoms with Crippen molar-refractivity contribution in [1.82, 2.24) is 9.55 Å². The van der Waals surface area contributed by atoms with Crippen LogP contribution in [0.1, 0.15) is 25.7 Å². The van der Waals surface area contributed by atoms with Gasteiger partial charge >= 0.3 is 0 Å². The first kappa shape index (κ1) is 18.5. The van der Waals surface area contributed by atoms with Crippen molar-refractivity contribution < 1.29 is 8.95 Å². The number of nitrogens with one attached hydrogen (secondary N) is 1. The molecule has 1 fully saturated rings. The molecule has 2 aromatic heterocycles. The largest absolute Gasteiger partial charge is 0.493 e. The van der Waals surface area contributed by atoms with E-state index >= 15 is 0 Å². The average Bonchev–Trinajstić information content (AvgIpc) is 3.43. The van der Waals surface area contributed by atoms with E-state index in [9.17, 15) is 9.00 Å². The number of ether oxygens (including phenoxy) is 1. The van der Waals surface area contributed by atoms with Crippen molar-refractivity contribution in [2.45, 2.75) is 30.6 Å². The van der Waals surface area contributed by atoms with Gasteiger partial charge in [0.15, 0.2) is 0 Å². The van der Waals surface area contributed by atoms with E-state index in [0.29, 0.717) is 30.3 Å². The highest BCUT2D eigenvalue weighted by Gasteiger charge is 2.24. The summed E-state index contributed by atoms with van der Waals surface area (Å²) in [6, 6.07) is 7.70. The summed E-state index contributed by atoms with van der Waals surface area (Å²) in [7, 11) is -0.653. The molecule has 29 heavy (non-hydrogen) atoms. The lowest BCUT2D eigenvalue weighted by Gasteiger charge is -2.18. The Morgan fingerprint density at radius 2 is 2.10 bits per heavy atom. The van der Waals surface area contributed by atoms with Gasteiger partial charge in [-0.15, -0.1) is 0 Å². The van der Waals surface area contributed by atoms with Gasteiger partial charge in [0.25, 0.3) is 5.56 Å². The minimum absolute atomic E-state index is 0.0708. The predicted octanol–water partition coefficient (Wildman–Crippen LogP) is 3.94. The predicted molar refractivity (Wildman–Crippen MR) is 115 cm³/mol. The minimum Gasteiger partial charge on any atom is -0.493 e.